The van der Waals surface area contributed by atoms with E-state index in [1.807, 2.05) is 54.6 Å². The second-order valence-corrected chi connectivity index (χ2v) is 7.25. The quantitative estimate of drug-likeness (QED) is 0.460. The minimum Gasteiger partial charge on any atom is -0.496 e. The van der Waals surface area contributed by atoms with Crippen LogP contribution in [-0.2, 0) is 0 Å². The normalized spacial score (nSPS) is 12.3. The molecule has 2 N–H and O–H groups in total. The van der Waals surface area contributed by atoms with Crippen molar-refractivity contribution in [3.05, 3.63) is 72.8 Å². The minimum atomic E-state index is -0.367. The Morgan fingerprint density at radius 3 is 2.38 bits per heavy atom. The van der Waals surface area contributed by atoms with Crippen LogP contribution in [0, 0.1) is 0 Å². The Morgan fingerprint density at radius 2 is 1.59 bits per heavy atom. The molecule has 2 heterocycles. The van der Waals surface area contributed by atoms with Crippen molar-refractivity contribution in [3.63, 3.8) is 0 Å². The summed E-state index contributed by atoms with van der Waals surface area (Å²) >= 11 is 0. The van der Waals surface area contributed by atoms with E-state index in [0.29, 0.717) is 41.8 Å². The van der Waals surface area contributed by atoms with Crippen LogP contribution < -0.4 is 24.8 Å². The smallest absolute Gasteiger partial charge is 0.323 e. The lowest BCUT2D eigenvalue weighted by Gasteiger charge is -2.19. The summed E-state index contributed by atoms with van der Waals surface area (Å²) in [5.41, 5.74) is 3.85. The first-order valence-corrected chi connectivity index (χ1v) is 10.2. The van der Waals surface area contributed by atoms with E-state index in [2.05, 4.69) is 10.6 Å². The van der Waals surface area contributed by atoms with Crippen LogP contribution in [0.2, 0.25) is 0 Å². The van der Waals surface area contributed by atoms with Crippen LogP contribution in [0.5, 0.6) is 17.2 Å². The van der Waals surface area contributed by atoms with Gasteiger partial charge in [0.05, 0.1) is 18.3 Å². The molecular weight excluding hydrogens is 406 g/mol. The summed E-state index contributed by atoms with van der Waals surface area (Å²) in [6.45, 7) is 1.01. The summed E-state index contributed by atoms with van der Waals surface area (Å²) in [5, 5.41) is 6.48. The Bertz CT molecular complexity index is 1290. The lowest BCUT2D eigenvalue weighted by atomic mass is 10.1. The van der Waals surface area contributed by atoms with Crippen molar-refractivity contribution in [2.45, 2.75) is 0 Å². The third-order valence-corrected chi connectivity index (χ3v) is 5.12. The molecule has 0 atom stereocenters. The van der Waals surface area contributed by atoms with Crippen molar-refractivity contribution in [2.75, 3.05) is 31.0 Å². The van der Waals surface area contributed by atoms with E-state index in [1.54, 1.807) is 25.3 Å². The van der Waals surface area contributed by atoms with Crippen LogP contribution in [0.15, 0.2) is 72.8 Å². The van der Waals surface area contributed by atoms with Gasteiger partial charge in [-0.05, 0) is 30.3 Å². The number of fused-ring (bicyclic) bond motifs is 2. The number of aromatic nitrogens is 1. The maximum absolute atomic E-state index is 12.5. The lowest BCUT2D eigenvalue weighted by Crippen LogP contribution is -2.20. The van der Waals surface area contributed by atoms with Gasteiger partial charge in [0.1, 0.15) is 19.0 Å². The summed E-state index contributed by atoms with van der Waals surface area (Å²) in [4.78, 5) is 17.3. The number of methoxy groups -OCH3 is 1. The van der Waals surface area contributed by atoms with Gasteiger partial charge in [-0.15, -0.1) is 0 Å². The SMILES string of the molecule is COc1cc(-c2ccccc2)nc2ccc(NC(=O)Nc3ccc4c(c3)OCCO4)cc12. The van der Waals surface area contributed by atoms with Crippen molar-refractivity contribution in [3.8, 4) is 28.5 Å². The Morgan fingerprint density at radius 1 is 0.875 bits per heavy atom. The first kappa shape index (κ1) is 19.7. The number of carbonyl (C=O) groups is 1. The van der Waals surface area contributed by atoms with E-state index in [9.17, 15) is 4.79 Å². The average molecular weight is 427 g/mol. The molecule has 0 aliphatic carbocycles. The van der Waals surface area contributed by atoms with Gasteiger partial charge >= 0.3 is 6.03 Å². The number of carbonyl (C=O) groups excluding carboxylic acids is 1. The number of anilines is 2. The monoisotopic (exact) mass is 427 g/mol. The zero-order valence-corrected chi connectivity index (χ0v) is 17.4. The highest BCUT2D eigenvalue weighted by atomic mass is 16.6. The minimum absolute atomic E-state index is 0.367. The van der Waals surface area contributed by atoms with E-state index in [1.165, 1.54) is 0 Å². The van der Waals surface area contributed by atoms with Gasteiger partial charge in [0.25, 0.3) is 0 Å². The van der Waals surface area contributed by atoms with Crippen LogP contribution in [0.25, 0.3) is 22.2 Å². The zero-order valence-electron chi connectivity index (χ0n) is 17.4. The molecule has 0 bridgehead atoms. The molecule has 0 fully saturated rings. The molecular formula is C25H21N3O4. The van der Waals surface area contributed by atoms with Gasteiger partial charge < -0.3 is 24.8 Å². The van der Waals surface area contributed by atoms with Crippen LogP contribution in [0.1, 0.15) is 0 Å². The highest BCUT2D eigenvalue weighted by Crippen LogP contribution is 2.33. The summed E-state index contributed by atoms with van der Waals surface area (Å²) < 4.78 is 16.7. The van der Waals surface area contributed by atoms with Gasteiger partial charge in [0.15, 0.2) is 11.5 Å². The maximum atomic E-state index is 12.5. The molecule has 1 aromatic heterocycles. The van der Waals surface area contributed by atoms with Crippen molar-refractivity contribution < 1.29 is 19.0 Å². The molecule has 0 saturated carbocycles. The molecule has 0 unspecified atom stereocenters. The molecule has 32 heavy (non-hydrogen) atoms. The first-order valence-electron chi connectivity index (χ1n) is 10.2. The number of urea groups is 1. The molecule has 1 aliphatic heterocycles. The second kappa shape index (κ2) is 8.47. The predicted molar refractivity (Wildman–Crippen MR) is 124 cm³/mol. The number of nitrogens with zero attached hydrogens (tertiary/aromatic N) is 1. The number of hydrogen-bond acceptors (Lipinski definition) is 5. The molecule has 0 saturated heterocycles. The Balaban J connectivity index is 1.37. The van der Waals surface area contributed by atoms with E-state index in [0.717, 1.165) is 22.2 Å². The van der Waals surface area contributed by atoms with Gasteiger partial charge in [-0.2, -0.15) is 0 Å². The van der Waals surface area contributed by atoms with Crippen molar-refractivity contribution in [1.29, 1.82) is 0 Å². The fourth-order valence-corrected chi connectivity index (χ4v) is 3.61. The lowest BCUT2D eigenvalue weighted by molar-refractivity contribution is 0.171. The number of pyridine rings is 1. The summed E-state index contributed by atoms with van der Waals surface area (Å²) in [6.07, 6.45) is 0. The van der Waals surface area contributed by atoms with E-state index >= 15 is 0 Å². The second-order valence-electron chi connectivity index (χ2n) is 7.25. The molecule has 0 spiro atoms. The van der Waals surface area contributed by atoms with Gasteiger partial charge in [-0.3, -0.25) is 0 Å². The van der Waals surface area contributed by atoms with Crippen LogP contribution in [0.4, 0.5) is 16.2 Å². The van der Waals surface area contributed by atoms with E-state index in [4.69, 9.17) is 19.2 Å². The summed E-state index contributed by atoms with van der Waals surface area (Å²) in [6, 6.07) is 22.3. The third kappa shape index (κ3) is 4.00. The highest BCUT2D eigenvalue weighted by Gasteiger charge is 2.14. The number of rotatable bonds is 4. The molecule has 5 rings (SSSR count). The Labute approximate surface area is 185 Å². The topological polar surface area (TPSA) is 81.7 Å². The van der Waals surface area contributed by atoms with Crippen molar-refractivity contribution in [1.82, 2.24) is 4.98 Å². The number of hydrogen-bond donors (Lipinski definition) is 2. The van der Waals surface area contributed by atoms with Crippen molar-refractivity contribution in [2.24, 2.45) is 0 Å². The van der Waals surface area contributed by atoms with Gasteiger partial charge in [-0.1, -0.05) is 30.3 Å². The number of amides is 2. The Kier molecular flexibility index (Phi) is 5.21. The molecule has 7 heteroatoms. The van der Waals surface area contributed by atoms with E-state index < -0.39 is 0 Å². The van der Waals surface area contributed by atoms with Crippen molar-refractivity contribution >= 4 is 28.3 Å². The maximum Gasteiger partial charge on any atom is 0.323 e. The van der Waals surface area contributed by atoms with Gasteiger partial charge in [0, 0.05) is 34.5 Å². The first-order chi connectivity index (χ1) is 15.7. The number of nitrogens with one attached hydrogen (secondary N) is 2. The third-order valence-electron chi connectivity index (χ3n) is 5.12. The van der Waals surface area contributed by atoms with Gasteiger partial charge in [-0.25, -0.2) is 9.78 Å². The highest BCUT2D eigenvalue weighted by molar-refractivity contribution is 6.01. The zero-order chi connectivity index (χ0) is 21.9. The van der Waals surface area contributed by atoms with Crippen LogP contribution >= 0.6 is 0 Å². The average Bonchev–Trinajstić information content (AvgIpc) is 2.83. The molecule has 3 aromatic carbocycles. The van der Waals surface area contributed by atoms with Gasteiger partial charge in [0.2, 0.25) is 0 Å². The molecule has 0 radical (unpaired) electrons. The molecule has 160 valence electrons. The fourth-order valence-electron chi connectivity index (χ4n) is 3.61. The summed E-state index contributed by atoms with van der Waals surface area (Å²) in [7, 11) is 1.62. The van der Waals surface area contributed by atoms with E-state index in [-0.39, 0.29) is 6.03 Å². The molecule has 2 amide bonds. The number of ether oxygens (including phenoxy) is 3. The van der Waals surface area contributed by atoms with Crippen LogP contribution in [-0.4, -0.2) is 31.3 Å². The largest absolute Gasteiger partial charge is 0.496 e. The van der Waals surface area contributed by atoms with Crippen LogP contribution in [0.3, 0.4) is 0 Å². The fraction of sp³-hybridized carbons (Fsp3) is 0.120. The predicted octanol–water partition coefficient (Wildman–Crippen LogP) is 5.33. The molecule has 7 nitrogen and oxygen atoms in total. The Hall–Kier alpha value is -4.26. The number of benzene rings is 3. The standard InChI is InChI=1S/C25H21N3O4/c1-30-23-15-21(16-5-3-2-4-6-16)28-20-9-7-17(13-19(20)23)26-25(29)27-18-8-10-22-24(14-18)32-12-11-31-22/h2-10,13-15H,11-12H2,1H3,(H2,26,27,29). The molecule has 1 aliphatic rings. The summed E-state index contributed by atoms with van der Waals surface area (Å²) in [5.74, 6) is 1.97. The molecule has 4 aromatic rings.